The van der Waals surface area contributed by atoms with Crippen LogP contribution in [0.4, 0.5) is 13.2 Å². The van der Waals surface area contributed by atoms with Gasteiger partial charge in [0.05, 0.1) is 5.92 Å². The number of halogens is 3. The predicted molar refractivity (Wildman–Crippen MR) is 75.2 cm³/mol. The highest BCUT2D eigenvalue weighted by atomic mass is 19.4. The van der Waals surface area contributed by atoms with E-state index in [9.17, 15) is 13.2 Å². The van der Waals surface area contributed by atoms with Crippen LogP contribution in [0.15, 0.2) is 0 Å². The molecule has 0 bridgehead atoms. The van der Waals surface area contributed by atoms with Gasteiger partial charge in [0.25, 0.3) is 0 Å². The summed E-state index contributed by atoms with van der Waals surface area (Å²) in [6, 6.07) is 0.127. The standard InChI is InChI=1S/C16H28F3N/c1-2-11-3-5-12(6-4-11)15(20)13-7-9-14(10-8-13)16(17,18)19/h11-15H,2-10,20H2,1H3. The van der Waals surface area contributed by atoms with E-state index in [4.69, 9.17) is 5.73 Å². The normalized spacial score (nSPS) is 37.6. The maximum Gasteiger partial charge on any atom is 0.391 e. The van der Waals surface area contributed by atoms with Gasteiger partial charge >= 0.3 is 6.18 Å². The van der Waals surface area contributed by atoms with Crippen LogP contribution < -0.4 is 5.73 Å². The van der Waals surface area contributed by atoms with Gasteiger partial charge in [-0.25, -0.2) is 0 Å². The molecule has 1 nitrogen and oxygen atoms in total. The molecule has 0 saturated heterocycles. The summed E-state index contributed by atoms with van der Waals surface area (Å²) >= 11 is 0. The zero-order chi connectivity index (χ0) is 14.8. The van der Waals surface area contributed by atoms with Crippen LogP contribution in [0.1, 0.15) is 64.7 Å². The summed E-state index contributed by atoms with van der Waals surface area (Å²) in [5.41, 5.74) is 6.38. The molecule has 1 unspecified atom stereocenters. The molecular weight excluding hydrogens is 263 g/mol. The maximum absolute atomic E-state index is 12.7. The minimum Gasteiger partial charge on any atom is -0.327 e. The van der Waals surface area contributed by atoms with Crippen LogP contribution in [0, 0.1) is 23.7 Å². The molecular formula is C16H28F3N. The first-order valence-electron chi connectivity index (χ1n) is 8.24. The second kappa shape index (κ2) is 6.67. The molecule has 1 atom stereocenters. The van der Waals surface area contributed by atoms with Gasteiger partial charge in [-0.1, -0.05) is 26.2 Å². The Bertz CT molecular complexity index is 287. The van der Waals surface area contributed by atoms with Crippen molar-refractivity contribution in [3.05, 3.63) is 0 Å². The number of hydrogen-bond donors (Lipinski definition) is 1. The lowest BCUT2D eigenvalue weighted by Crippen LogP contribution is -2.42. The molecule has 0 aliphatic heterocycles. The van der Waals surface area contributed by atoms with E-state index in [0.717, 1.165) is 5.92 Å². The van der Waals surface area contributed by atoms with E-state index in [1.165, 1.54) is 32.1 Å². The van der Waals surface area contributed by atoms with Gasteiger partial charge in [-0.3, -0.25) is 0 Å². The van der Waals surface area contributed by atoms with Gasteiger partial charge in [0.2, 0.25) is 0 Å². The van der Waals surface area contributed by atoms with Crippen molar-refractivity contribution in [2.24, 2.45) is 29.4 Å². The van der Waals surface area contributed by atoms with Gasteiger partial charge in [0, 0.05) is 6.04 Å². The van der Waals surface area contributed by atoms with Crippen LogP contribution in [-0.2, 0) is 0 Å². The molecule has 0 amide bonds. The quantitative estimate of drug-likeness (QED) is 0.786. The highest BCUT2D eigenvalue weighted by Gasteiger charge is 2.43. The smallest absolute Gasteiger partial charge is 0.327 e. The highest BCUT2D eigenvalue weighted by Crippen LogP contribution is 2.42. The lowest BCUT2D eigenvalue weighted by Gasteiger charge is -2.39. The molecule has 2 rings (SSSR count). The lowest BCUT2D eigenvalue weighted by molar-refractivity contribution is -0.184. The third-order valence-corrected chi connectivity index (χ3v) is 5.79. The molecule has 4 heteroatoms. The first-order chi connectivity index (χ1) is 9.41. The minimum absolute atomic E-state index is 0.127. The molecule has 0 spiro atoms. The summed E-state index contributed by atoms with van der Waals surface area (Å²) in [6.07, 6.45) is 4.01. The lowest BCUT2D eigenvalue weighted by atomic mass is 9.70. The number of rotatable bonds is 3. The van der Waals surface area contributed by atoms with Gasteiger partial charge in [-0.05, 0) is 56.3 Å². The van der Waals surface area contributed by atoms with Crippen LogP contribution in [0.2, 0.25) is 0 Å². The van der Waals surface area contributed by atoms with Crippen molar-refractivity contribution >= 4 is 0 Å². The van der Waals surface area contributed by atoms with Crippen molar-refractivity contribution in [1.82, 2.24) is 0 Å². The molecule has 2 saturated carbocycles. The predicted octanol–water partition coefficient (Wildman–Crippen LogP) is 4.90. The van der Waals surface area contributed by atoms with Crippen molar-refractivity contribution in [2.45, 2.75) is 76.9 Å². The fraction of sp³-hybridized carbons (Fsp3) is 1.00. The topological polar surface area (TPSA) is 26.0 Å². The maximum atomic E-state index is 12.7. The Kier molecular flexibility index (Phi) is 5.38. The van der Waals surface area contributed by atoms with Crippen LogP contribution in [-0.4, -0.2) is 12.2 Å². The van der Waals surface area contributed by atoms with Gasteiger partial charge in [0.1, 0.15) is 0 Å². The van der Waals surface area contributed by atoms with Gasteiger partial charge in [-0.2, -0.15) is 13.2 Å². The summed E-state index contributed by atoms with van der Waals surface area (Å²) in [6.45, 7) is 2.24. The van der Waals surface area contributed by atoms with Crippen LogP contribution in [0.3, 0.4) is 0 Å². The summed E-state index contributed by atoms with van der Waals surface area (Å²) in [5, 5.41) is 0. The van der Waals surface area contributed by atoms with E-state index >= 15 is 0 Å². The van der Waals surface area contributed by atoms with E-state index in [1.807, 2.05) is 0 Å². The Labute approximate surface area is 120 Å². The molecule has 20 heavy (non-hydrogen) atoms. The first kappa shape index (κ1) is 16.1. The summed E-state index contributed by atoms with van der Waals surface area (Å²) in [7, 11) is 0. The molecule has 0 aromatic carbocycles. The van der Waals surface area contributed by atoms with Crippen LogP contribution in [0.5, 0.6) is 0 Å². The monoisotopic (exact) mass is 291 g/mol. The fourth-order valence-corrected chi connectivity index (χ4v) is 4.20. The second-order valence-corrected chi connectivity index (χ2v) is 6.92. The van der Waals surface area contributed by atoms with Crippen molar-refractivity contribution in [3.8, 4) is 0 Å². The van der Waals surface area contributed by atoms with E-state index in [0.29, 0.717) is 24.7 Å². The van der Waals surface area contributed by atoms with Crippen molar-refractivity contribution in [2.75, 3.05) is 0 Å². The summed E-state index contributed by atoms with van der Waals surface area (Å²) in [4.78, 5) is 0. The number of alkyl halides is 3. The molecule has 2 fully saturated rings. The average molecular weight is 291 g/mol. The van der Waals surface area contributed by atoms with E-state index in [2.05, 4.69) is 6.92 Å². The Morgan fingerprint density at radius 3 is 1.75 bits per heavy atom. The average Bonchev–Trinajstić information content (AvgIpc) is 2.46. The zero-order valence-corrected chi connectivity index (χ0v) is 12.5. The second-order valence-electron chi connectivity index (χ2n) is 6.92. The highest BCUT2D eigenvalue weighted by molar-refractivity contribution is 4.88. The summed E-state index contributed by atoms with van der Waals surface area (Å²) in [5.74, 6) is 0.628. The summed E-state index contributed by atoms with van der Waals surface area (Å²) < 4.78 is 38.0. The van der Waals surface area contributed by atoms with E-state index in [-0.39, 0.29) is 18.9 Å². The van der Waals surface area contributed by atoms with Crippen molar-refractivity contribution in [1.29, 1.82) is 0 Å². The van der Waals surface area contributed by atoms with Gasteiger partial charge < -0.3 is 5.73 Å². The van der Waals surface area contributed by atoms with Gasteiger partial charge in [0.15, 0.2) is 0 Å². The Morgan fingerprint density at radius 2 is 1.35 bits per heavy atom. The molecule has 0 heterocycles. The number of hydrogen-bond acceptors (Lipinski definition) is 1. The zero-order valence-electron chi connectivity index (χ0n) is 12.5. The van der Waals surface area contributed by atoms with Crippen molar-refractivity contribution < 1.29 is 13.2 Å². The first-order valence-corrected chi connectivity index (χ1v) is 8.24. The molecule has 2 aliphatic rings. The van der Waals surface area contributed by atoms with Crippen LogP contribution >= 0.6 is 0 Å². The molecule has 118 valence electrons. The fourth-order valence-electron chi connectivity index (χ4n) is 4.20. The van der Waals surface area contributed by atoms with E-state index in [1.54, 1.807) is 0 Å². The van der Waals surface area contributed by atoms with Crippen LogP contribution in [0.25, 0.3) is 0 Å². The SMILES string of the molecule is CCC1CCC(C(N)C2CCC(C(F)(F)F)CC2)CC1. The molecule has 0 aromatic heterocycles. The Hall–Kier alpha value is -0.250. The molecule has 2 aliphatic carbocycles. The Balaban J connectivity index is 1.79. The minimum atomic E-state index is -4.01. The van der Waals surface area contributed by atoms with Crippen molar-refractivity contribution in [3.63, 3.8) is 0 Å². The van der Waals surface area contributed by atoms with Gasteiger partial charge in [-0.15, -0.1) is 0 Å². The molecule has 0 aromatic rings. The third kappa shape index (κ3) is 3.90. The molecule has 0 radical (unpaired) electrons. The number of nitrogens with two attached hydrogens (primary N) is 1. The largest absolute Gasteiger partial charge is 0.391 e. The molecule has 2 N–H and O–H groups in total. The van der Waals surface area contributed by atoms with E-state index < -0.39 is 12.1 Å². The Morgan fingerprint density at radius 1 is 0.900 bits per heavy atom. The third-order valence-electron chi connectivity index (χ3n) is 5.79.